The summed E-state index contributed by atoms with van der Waals surface area (Å²) in [6, 6.07) is 9.47. The summed E-state index contributed by atoms with van der Waals surface area (Å²) in [5, 5.41) is 0.316. The van der Waals surface area contributed by atoms with Crippen LogP contribution in [0.5, 0.6) is 0 Å². The van der Waals surface area contributed by atoms with E-state index >= 15 is 0 Å². The van der Waals surface area contributed by atoms with Gasteiger partial charge in [0.15, 0.2) is 0 Å². The lowest BCUT2D eigenvalue weighted by atomic mass is 9.88. The molecule has 0 N–H and O–H groups in total. The van der Waals surface area contributed by atoms with Gasteiger partial charge in [-0.15, -0.1) is 0 Å². The zero-order valence-corrected chi connectivity index (χ0v) is 11.8. The van der Waals surface area contributed by atoms with E-state index in [9.17, 15) is 9.36 Å². The third-order valence-corrected chi connectivity index (χ3v) is 8.99. The molecule has 2 saturated carbocycles. The van der Waals surface area contributed by atoms with Crippen molar-refractivity contribution in [3.8, 4) is 0 Å². The second kappa shape index (κ2) is 3.59. The van der Waals surface area contributed by atoms with Crippen molar-refractivity contribution in [2.24, 2.45) is 17.8 Å². The maximum Gasteiger partial charge on any atom is 0.238 e. The monoisotopic (exact) mass is 276 g/mol. The van der Waals surface area contributed by atoms with Crippen molar-refractivity contribution in [2.75, 3.05) is 6.61 Å². The average Bonchev–Trinajstić information content (AvgIpc) is 2.86. The maximum absolute atomic E-state index is 13.6. The Hall–Kier alpha value is -0.920. The zero-order valence-electron chi connectivity index (χ0n) is 10.9. The number of ketones is 1. The van der Waals surface area contributed by atoms with E-state index in [1.165, 1.54) is 0 Å². The molecular weight excluding hydrogens is 259 g/mol. The number of carbonyl (C=O) groups is 1. The van der Waals surface area contributed by atoms with Gasteiger partial charge in [-0.3, -0.25) is 9.36 Å². The van der Waals surface area contributed by atoms with Gasteiger partial charge in [-0.2, -0.15) is 0 Å². The standard InChI is InChI=1S/C15H17O3P/c1-15-12-7-8-13(15)14(16)11(12)9-18-19(15,17)10-5-3-2-4-6-10/h2-6,11-13H,7-9H2,1H3. The lowest BCUT2D eigenvalue weighted by molar-refractivity contribution is -0.126. The largest absolute Gasteiger partial charge is 0.324 e. The first kappa shape index (κ1) is 11.9. The zero-order chi connectivity index (χ0) is 13.3. The minimum Gasteiger partial charge on any atom is -0.324 e. The molecule has 1 aliphatic heterocycles. The smallest absolute Gasteiger partial charge is 0.238 e. The molecule has 0 spiro atoms. The Kier molecular flexibility index (Phi) is 2.24. The number of hydrogen-bond donors (Lipinski definition) is 0. The highest BCUT2D eigenvalue weighted by molar-refractivity contribution is 7.68. The first-order chi connectivity index (χ1) is 9.09. The molecule has 4 bridgehead atoms. The molecule has 4 rings (SSSR count). The van der Waals surface area contributed by atoms with Crippen molar-refractivity contribution >= 4 is 18.5 Å². The average molecular weight is 276 g/mol. The molecule has 0 aromatic heterocycles. The Balaban J connectivity index is 1.92. The van der Waals surface area contributed by atoms with Crippen LogP contribution in [0.4, 0.5) is 0 Å². The fraction of sp³-hybridized carbons (Fsp3) is 0.533. The van der Waals surface area contributed by atoms with Crippen LogP contribution in [0.15, 0.2) is 30.3 Å². The molecule has 2 aliphatic carbocycles. The van der Waals surface area contributed by atoms with E-state index in [2.05, 4.69) is 0 Å². The molecule has 5 unspecified atom stereocenters. The Labute approximate surface area is 112 Å². The molecule has 5 atom stereocenters. The number of carbonyl (C=O) groups excluding carboxylic acids is 1. The molecule has 3 nitrogen and oxygen atoms in total. The van der Waals surface area contributed by atoms with Crippen LogP contribution in [0.2, 0.25) is 0 Å². The molecular formula is C15H17O3P. The Bertz CT molecular complexity index is 597. The van der Waals surface area contributed by atoms with E-state index < -0.39 is 12.5 Å². The van der Waals surface area contributed by atoms with E-state index in [4.69, 9.17) is 4.52 Å². The molecule has 0 amide bonds. The number of Topliss-reactive ketones (excluding diaryl/α,β-unsaturated/α-hetero) is 1. The van der Waals surface area contributed by atoms with Crippen molar-refractivity contribution in [1.29, 1.82) is 0 Å². The highest BCUT2D eigenvalue weighted by Gasteiger charge is 2.72. The molecule has 1 saturated heterocycles. The van der Waals surface area contributed by atoms with Crippen LogP contribution in [0.25, 0.3) is 0 Å². The minimum atomic E-state index is -2.95. The third-order valence-electron chi connectivity index (χ3n) is 5.58. The molecule has 3 aliphatic rings. The van der Waals surface area contributed by atoms with Gasteiger partial charge in [0.2, 0.25) is 7.37 Å². The predicted octanol–water partition coefficient (Wildman–Crippen LogP) is 2.60. The molecule has 1 heterocycles. The molecule has 1 aromatic carbocycles. The quantitative estimate of drug-likeness (QED) is 0.740. The van der Waals surface area contributed by atoms with Gasteiger partial charge in [0.05, 0.1) is 11.8 Å². The Morgan fingerprint density at radius 3 is 2.74 bits per heavy atom. The van der Waals surface area contributed by atoms with Gasteiger partial charge >= 0.3 is 0 Å². The van der Waals surface area contributed by atoms with Gasteiger partial charge in [0, 0.05) is 17.1 Å². The first-order valence-corrected chi connectivity index (χ1v) is 8.55. The fourth-order valence-electron chi connectivity index (χ4n) is 4.61. The Morgan fingerprint density at radius 1 is 1.26 bits per heavy atom. The second-order valence-electron chi connectivity index (χ2n) is 6.15. The van der Waals surface area contributed by atoms with Gasteiger partial charge in [0.25, 0.3) is 0 Å². The van der Waals surface area contributed by atoms with E-state index in [-0.39, 0.29) is 17.8 Å². The summed E-state index contributed by atoms with van der Waals surface area (Å²) >= 11 is 0. The highest BCUT2D eigenvalue weighted by atomic mass is 31.2. The van der Waals surface area contributed by atoms with Crippen LogP contribution in [-0.2, 0) is 13.9 Å². The van der Waals surface area contributed by atoms with Gasteiger partial charge in [-0.25, -0.2) is 0 Å². The number of benzene rings is 1. The van der Waals surface area contributed by atoms with Gasteiger partial charge in [0.1, 0.15) is 5.78 Å². The first-order valence-electron chi connectivity index (χ1n) is 6.93. The van der Waals surface area contributed by atoms with Crippen LogP contribution >= 0.6 is 7.37 Å². The number of hydrogen-bond acceptors (Lipinski definition) is 3. The molecule has 4 heteroatoms. The van der Waals surface area contributed by atoms with Crippen molar-refractivity contribution in [3.63, 3.8) is 0 Å². The molecule has 19 heavy (non-hydrogen) atoms. The van der Waals surface area contributed by atoms with Crippen molar-refractivity contribution in [1.82, 2.24) is 0 Å². The SMILES string of the molecule is CC12C3CCC1C(COP2(=O)c1ccccc1)C3=O. The maximum atomic E-state index is 13.6. The summed E-state index contributed by atoms with van der Waals surface area (Å²) in [6.07, 6.45) is 1.91. The van der Waals surface area contributed by atoms with E-state index in [0.717, 1.165) is 18.1 Å². The van der Waals surface area contributed by atoms with Gasteiger partial charge in [-0.05, 0) is 37.8 Å². The lowest BCUT2D eigenvalue weighted by Crippen LogP contribution is -2.40. The van der Waals surface area contributed by atoms with E-state index in [1.807, 2.05) is 37.3 Å². The van der Waals surface area contributed by atoms with Crippen LogP contribution in [0.3, 0.4) is 0 Å². The van der Waals surface area contributed by atoms with Crippen molar-refractivity contribution in [2.45, 2.75) is 24.9 Å². The van der Waals surface area contributed by atoms with Crippen LogP contribution in [-0.4, -0.2) is 17.5 Å². The minimum absolute atomic E-state index is 0.00506. The molecule has 3 fully saturated rings. The van der Waals surface area contributed by atoms with Crippen LogP contribution < -0.4 is 5.30 Å². The number of rotatable bonds is 1. The van der Waals surface area contributed by atoms with Crippen molar-refractivity contribution < 1.29 is 13.9 Å². The summed E-state index contributed by atoms with van der Waals surface area (Å²) in [4.78, 5) is 12.4. The second-order valence-corrected chi connectivity index (χ2v) is 9.00. The summed E-state index contributed by atoms with van der Waals surface area (Å²) < 4.78 is 19.4. The molecule has 0 radical (unpaired) electrons. The lowest BCUT2D eigenvalue weighted by Gasteiger charge is -2.41. The van der Waals surface area contributed by atoms with Crippen LogP contribution in [0.1, 0.15) is 19.8 Å². The van der Waals surface area contributed by atoms with E-state index in [1.54, 1.807) is 0 Å². The Morgan fingerprint density at radius 2 is 2.00 bits per heavy atom. The fourth-order valence-corrected chi connectivity index (χ4v) is 7.94. The van der Waals surface area contributed by atoms with Gasteiger partial charge < -0.3 is 4.52 Å². The topological polar surface area (TPSA) is 43.4 Å². The summed E-state index contributed by atoms with van der Waals surface area (Å²) in [6.45, 7) is 2.38. The van der Waals surface area contributed by atoms with Crippen LogP contribution in [0, 0.1) is 17.8 Å². The normalized spacial score (nSPS) is 47.6. The summed E-state index contributed by atoms with van der Waals surface area (Å²) in [5.74, 6) is 0.489. The highest BCUT2D eigenvalue weighted by Crippen LogP contribution is 2.75. The van der Waals surface area contributed by atoms with Gasteiger partial charge in [-0.1, -0.05) is 18.2 Å². The molecule has 1 aromatic rings. The predicted molar refractivity (Wildman–Crippen MR) is 72.8 cm³/mol. The summed E-state index contributed by atoms with van der Waals surface area (Å²) in [7, 11) is -2.95. The third kappa shape index (κ3) is 1.19. The summed E-state index contributed by atoms with van der Waals surface area (Å²) in [5.41, 5.74) is 0. The van der Waals surface area contributed by atoms with E-state index in [0.29, 0.717) is 12.4 Å². The molecule has 100 valence electrons. The van der Waals surface area contributed by atoms with Crippen molar-refractivity contribution in [3.05, 3.63) is 30.3 Å².